The highest BCUT2D eigenvalue weighted by molar-refractivity contribution is 7.90. The number of benzene rings is 1. The van der Waals surface area contributed by atoms with Gasteiger partial charge in [0.25, 0.3) is 0 Å². The van der Waals surface area contributed by atoms with Gasteiger partial charge in [-0.1, -0.05) is 12.5 Å². The molecule has 0 saturated carbocycles. The molecule has 0 unspecified atom stereocenters. The Labute approximate surface area is 171 Å². The summed E-state index contributed by atoms with van der Waals surface area (Å²) in [5, 5.41) is 3.48. The molecule has 1 aromatic carbocycles. The van der Waals surface area contributed by atoms with Crippen molar-refractivity contribution < 1.29 is 13.2 Å². The second-order valence-corrected chi connectivity index (χ2v) is 11.2. The molecular weight excluding hydrogens is 374 g/mol. The van der Waals surface area contributed by atoms with Crippen molar-refractivity contribution in [1.29, 1.82) is 0 Å². The minimum absolute atomic E-state index is 0.246. The van der Waals surface area contributed by atoms with Crippen LogP contribution in [0.3, 0.4) is 0 Å². The highest BCUT2D eigenvalue weighted by Crippen LogP contribution is 2.23. The van der Waals surface area contributed by atoms with Crippen molar-refractivity contribution in [2.24, 2.45) is 0 Å². The Kier molecular flexibility index (Phi) is 8.16. The van der Waals surface area contributed by atoms with Gasteiger partial charge in [-0.25, -0.2) is 13.1 Å². The molecule has 2 rings (SSSR count). The first-order chi connectivity index (χ1) is 13.1. The fourth-order valence-electron chi connectivity index (χ4n) is 3.28. The Hall–Kier alpha value is -1.31. The average Bonchev–Trinajstić information content (AvgIpc) is 2.59. The molecule has 0 amide bonds. The molecule has 6 nitrogen and oxygen atoms in total. The van der Waals surface area contributed by atoms with Crippen molar-refractivity contribution in [1.82, 2.24) is 4.72 Å². The van der Waals surface area contributed by atoms with E-state index in [9.17, 15) is 8.42 Å². The lowest BCUT2D eigenvalue weighted by molar-refractivity contribution is -0.00521. The quantitative estimate of drug-likeness (QED) is 0.608. The van der Waals surface area contributed by atoms with Crippen LogP contribution in [0.2, 0.25) is 0 Å². The molecule has 0 aliphatic carbocycles. The van der Waals surface area contributed by atoms with Gasteiger partial charge in [0, 0.05) is 37.6 Å². The lowest BCUT2D eigenvalue weighted by Crippen LogP contribution is -2.45. The molecule has 160 valence electrons. The molecule has 0 radical (unpaired) electrons. The van der Waals surface area contributed by atoms with E-state index in [4.69, 9.17) is 4.74 Å². The first-order valence-electron chi connectivity index (χ1n) is 10.3. The van der Waals surface area contributed by atoms with E-state index in [0.717, 1.165) is 44.6 Å². The third-order valence-electron chi connectivity index (χ3n) is 4.91. The summed E-state index contributed by atoms with van der Waals surface area (Å²) in [7, 11) is -3.24. The minimum Gasteiger partial charge on any atom is -0.385 e. The number of nitrogens with zero attached hydrogens (tertiary/aromatic N) is 1. The number of hydrogen-bond donors (Lipinski definition) is 2. The SMILES string of the molecule is C[C@@H]1CN(c2cccc(NCCCCCNS(=O)(=O)C(C)(C)C)c2)C[C@H](C)O1. The van der Waals surface area contributed by atoms with E-state index in [2.05, 4.69) is 53.1 Å². The van der Waals surface area contributed by atoms with Crippen molar-refractivity contribution in [3.05, 3.63) is 24.3 Å². The van der Waals surface area contributed by atoms with Crippen LogP contribution in [-0.2, 0) is 14.8 Å². The van der Waals surface area contributed by atoms with Crippen molar-refractivity contribution in [2.45, 2.75) is 70.8 Å². The number of unbranched alkanes of at least 4 members (excludes halogenated alkanes) is 2. The lowest BCUT2D eigenvalue weighted by atomic mass is 10.2. The Morgan fingerprint density at radius 1 is 1.07 bits per heavy atom. The van der Waals surface area contributed by atoms with Gasteiger partial charge < -0.3 is 15.0 Å². The zero-order valence-electron chi connectivity index (χ0n) is 18.0. The van der Waals surface area contributed by atoms with Gasteiger partial charge in [0.2, 0.25) is 10.0 Å². The van der Waals surface area contributed by atoms with Crippen LogP contribution < -0.4 is 14.9 Å². The van der Waals surface area contributed by atoms with Gasteiger partial charge in [0.15, 0.2) is 0 Å². The highest BCUT2D eigenvalue weighted by atomic mass is 32.2. The number of sulfonamides is 1. The number of anilines is 2. The van der Waals surface area contributed by atoms with Gasteiger partial charge in [-0.15, -0.1) is 0 Å². The Bertz CT molecular complexity index is 706. The van der Waals surface area contributed by atoms with Gasteiger partial charge >= 0.3 is 0 Å². The maximum absolute atomic E-state index is 12.0. The molecule has 1 aliphatic heterocycles. The summed E-state index contributed by atoms with van der Waals surface area (Å²) in [6.07, 6.45) is 3.33. The molecule has 1 saturated heterocycles. The molecule has 28 heavy (non-hydrogen) atoms. The van der Waals surface area contributed by atoms with Crippen molar-refractivity contribution in [2.75, 3.05) is 36.4 Å². The number of nitrogens with one attached hydrogen (secondary N) is 2. The topological polar surface area (TPSA) is 70.7 Å². The van der Waals surface area contributed by atoms with Gasteiger partial charge in [-0.05, 0) is 65.7 Å². The van der Waals surface area contributed by atoms with Crippen LogP contribution in [-0.4, -0.2) is 51.6 Å². The van der Waals surface area contributed by atoms with E-state index in [0.29, 0.717) is 6.54 Å². The van der Waals surface area contributed by atoms with Crippen LogP contribution in [0.1, 0.15) is 53.9 Å². The Morgan fingerprint density at radius 3 is 2.36 bits per heavy atom. The Morgan fingerprint density at radius 2 is 1.71 bits per heavy atom. The van der Waals surface area contributed by atoms with Crippen LogP contribution in [0.4, 0.5) is 11.4 Å². The third kappa shape index (κ3) is 6.94. The zero-order chi connectivity index (χ0) is 20.8. The summed E-state index contributed by atoms with van der Waals surface area (Å²) in [4.78, 5) is 2.38. The Balaban J connectivity index is 1.70. The monoisotopic (exact) mass is 411 g/mol. The fourth-order valence-corrected chi connectivity index (χ4v) is 4.13. The summed E-state index contributed by atoms with van der Waals surface area (Å²) < 4.78 is 31.7. The molecule has 0 aromatic heterocycles. The molecule has 1 fully saturated rings. The molecule has 0 bridgehead atoms. The normalized spacial score (nSPS) is 21.0. The second-order valence-electron chi connectivity index (χ2n) is 8.71. The fraction of sp³-hybridized carbons (Fsp3) is 0.714. The van der Waals surface area contributed by atoms with E-state index in [1.807, 2.05) is 0 Å². The molecule has 7 heteroatoms. The maximum atomic E-state index is 12.0. The second kappa shape index (κ2) is 9.94. The summed E-state index contributed by atoms with van der Waals surface area (Å²) in [5.74, 6) is 0. The van der Waals surface area contributed by atoms with Crippen LogP contribution in [0.5, 0.6) is 0 Å². The van der Waals surface area contributed by atoms with Crippen LogP contribution in [0.15, 0.2) is 24.3 Å². The highest BCUT2D eigenvalue weighted by Gasteiger charge is 2.28. The largest absolute Gasteiger partial charge is 0.385 e. The van der Waals surface area contributed by atoms with Gasteiger partial charge in [-0.3, -0.25) is 0 Å². The maximum Gasteiger partial charge on any atom is 0.216 e. The van der Waals surface area contributed by atoms with Gasteiger partial charge in [0.05, 0.1) is 17.0 Å². The molecule has 1 aromatic rings. The van der Waals surface area contributed by atoms with E-state index < -0.39 is 14.8 Å². The molecule has 2 N–H and O–H groups in total. The van der Waals surface area contributed by atoms with Crippen LogP contribution in [0, 0.1) is 0 Å². The minimum atomic E-state index is -3.24. The number of rotatable bonds is 9. The van der Waals surface area contributed by atoms with Crippen LogP contribution in [0.25, 0.3) is 0 Å². The van der Waals surface area contributed by atoms with E-state index >= 15 is 0 Å². The number of hydrogen-bond acceptors (Lipinski definition) is 5. The van der Waals surface area contributed by atoms with Gasteiger partial charge in [-0.2, -0.15) is 0 Å². The molecule has 1 aliphatic rings. The first kappa shape index (κ1) is 23.0. The zero-order valence-corrected chi connectivity index (χ0v) is 18.8. The van der Waals surface area contributed by atoms with Crippen LogP contribution >= 0.6 is 0 Å². The molecular formula is C21H37N3O3S. The van der Waals surface area contributed by atoms with E-state index in [1.54, 1.807) is 20.8 Å². The summed E-state index contributed by atoms with van der Waals surface area (Å²) in [6, 6.07) is 8.53. The van der Waals surface area contributed by atoms with Crippen molar-refractivity contribution in [3.63, 3.8) is 0 Å². The number of ether oxygens (including phenoxy) is 1. The predicted octanol–water partition coefficient (Wildman–Crippen LogP) is 3.60. The molecule has 1 heterocycles. The molecule has 2 atom stereocenters. The first-order valence-corrected chi connectivity index (χ1v) is 11.8. The van der Waals surface area contributed by atoms with E-state index in [-0.39, 0.29) is 12.2 Å². The van der Waals surface area contributed by atoms with Crippen molar-refractivity contribution in [3.8, 4) is 0 Å². The molecule has 0 spiro atoms. The third-order valence-corrected chi connectivity index (χ3v) is 7.11. The van der Waals surface area contributed by atoms with E-state index in [1.165, 1.54) is 5.69 Å². The van der Waals surface area contributed by atoms with Gasteiger partial charge in [0.1, 0.15) is 0 Å². The summed E-state index contributed by atoms with van der Waals surface area (Å²) >= 11 is 0. The average molecular weight is 412 g/mol. The van der Waals surface area contributed by atoms with Crippen molar-refractivity contribution >= 4 is 21.4 Å². The summed E-state index contributed by atoms with van der Waals surface area (Å²) in [6.45, 7) is 12.6. The smallest absolute Gasteiger partial charge is 0.216 e. The number of morpholine rings is 1. The standard InChI is InChI=1S/C21H37N3O3S/c1-17-15-24(16-18(2)27-17)20-11-9-10-19(14-20)22-12-7-6-8-13-23-28(25,26)21(3,4)5/h9-11,14,17-18,22-23H,6-8,12-13,15-16H2,1-5H3/t17-,18+. The predicted molar refractivity (Wildman–Crippen MR) is 118 cm³/mol. The lowest BCUT2D eigenvalue weighted by Gasteiger charge is -2.37. The summed E-state index contributed by atoms with van der Waals surface area (Å²) in [5.41, 5.74) is 2.35.